The lowest BCUT2D eigenvalue weighted by Crippen LogP contribution is -2.03. The van der Waals surface area contributed by atoms with E-state index < -0.39 is 0 Å². The number of aromatic nitrogens is 2. The van der Waals surface area contributed by atoms with E-state index in [9.17, 15) is 4.39 Å². The normalized spacial score (nSPS) is 11.0. The highest BCUT2D eigenvalue weighted by molar-refractivity contribution is 5.80. The first-order valence-electron chi connectivity index (χ1n) is 8.11. The summed E-state index contributed by atoms with van der Waals surface area (Å²) in [6, 6.07) is 13.7. The van der Waals surface area contributed by atoms with Crippen LogP contribution in [-0.2, 0) is 6.54 Å². The average molecular weight is 324 g/mol. The number of rotatable bonds is 5. The third-order valence-electron chi connectivity index (χ3n) is 4.28. The molecule has 0 aliphatic rings. The fourth-order valence-corrected chi connectivity index (χ4v) is 2.96. The van der Waals surface area contributed by atoms with Crippen molar-refractivity contribution in [3.63, 3.8) is 0 Å². The second-order valence-corrected chi connectivity index (χ2v) is 5.95. The first-order chi connectivity index (χ1) is 11.6. The third-order valence-corrected chi connectivity index (χ3v) is 4.28. The Kier molecular flexibility index (Phi) is 4.76. The molecule has 0 spiro atoms. The number of hydrogen-bond donors (Lipinski definition) is 1. The van der Waals surface area contributed by atoms with Crippen molar-refractivity contribution in [2.75, 3.05) is 6.61 Å². The van der Waals surface area contributed by atoms with Gasteiger partial charge in [-0.05, 0) is 31.4 Å². The molecule has 3 nitrogen and oxygen atoms in total. The standard InChI is InChI=1S/C20H21FN2O/c1-14-9-10-17(15(2)18(14)21)20-19(16-7-4-3-5-8-16)22-13-23(20)11-6-12-24/h3-5,7-10,13,24H,6,11-12H2,1-2H3. The molecule has 0 aliphatic carbocycles. The maximum absolute atomic E-state index is 14.4. The van der Waals surface area contributed by atoms with Gasteiger partial charge >= 0.3 is 0 Å². The van der Waals surface area contributed by atoms with Gasteiger partial charge in [-0.3, -0.25) is 0 Å². The second kappa shape index (κ2) is 6.97. The number of imidazole rings is 1. The highest BCUT2D eigenvalue weighted by Crippen LogP contribution is 2.34. The first-order valence-corrected chi connectivity index (χ1v) is 8.11. The number of aliphatic hydroxyl groups excluding tert-OH is 1. The molecule has 0 atom stereocenters. The van der Waals surface area contributed by atoms with E-state index in [1.54, 1.807) is 26.2 Å². The molecule has 0 saturated heterocycles. The summed E-state index contributed by atoms with van der Waals surface area (Å²) in [7, 11) is 0. The zero-order valence-corrected chi connectivity index (χ0v) is 14.0. The molecule has 1 aromatic heterocycles. The minimum atomic E-state index is -0.179. The molecule has 3 aromatic rings. The molecule has 4 heteroatoms. The van der Waals surface area contributed by atoms with E-state index in [0.29, 0.717) is 24.1 Å². The summed E-state index contributed by atoms with van der Waals surface area (Å²) in [6.07, 6.45) is 2.40. The third kappa shape index (κ3) is 2.97. The molecule has 1 N–H and O–H groups in total. The summed E-state index contributed by atoms with van der Waals surface area (Å²) >= 11 is 0. The van der Waals surface area contributed by atoms with Crippen LogP contribution in [-0.4, -0.2) is 21.3 Å². The number of benzene rings is 2. The summed E-state index contributed by atoms with van der Waals surface area (Å²) in [5.74, 6) is -0.179. The van der Waals surface area contributed by atoms with Crippen molar-refractivity contribution in [3.05, 3.63) is 65.7 Å². The van der Waals surface area contributed by atoms with E-state index in [1.807, 2.05) is 41.0 Å². The Morgan fingerprint density at radius 3 is 2.54 bits per heavy atom. The quantitative estimate of drug-likeness (QED) is 0.757. The van der Waals surface area contributed by atoms with Crippen molar-refractivity contribution < 1.29 is 9.50 Å². The smallest absolute Gasteiger partial charge is 0.129 e. The van der Waals surface area contributed by atoms with Crippen molar-refractivity contribution in [1.29, 1.82) is 0 Å². The van der Waals surface area contributed by atoms with Gasteiger partial charge in [-0.1, -0.05) is 42.5 Å². The highest BCUT2D eigenvalue weighted by Gasteiger charge is 2.18. The van der Waals surface area contributed by atoms with Gasteiger partial charge in [0.05, 0.1) is 17.7 Å². The van der Waals surface area contributed by atoms with Gasteiger partial charge in [-0.2, -0.15) is 0 Å². The van der Waals surface area contributed by atoms with Crippen LogP contribution in [0.25, 0.3) is 22.5 Å². The zero-order chi connectivity index (χ0) is 17.1. The maximum Gasteiger partial charge on any atom is 0.129 e. The molecule has 0 aliphatic heterocycles. The summed E-state index contributed by atoms with van der Waals surface area (Å²) < 4.78 is 16.4. The topological polar surface area (TPSA) is 38.0 Å². The van der Waals surface area contributed by atoms with Crippen LogP contribution < -0.4 is 0 Å². The van der Waals surface area contributed by atoms with Gasteiger partial charge < -0.3 is 9.67 Å². The summed E-state index contributed by atoms with van der Waals surface area (Å²) in [4.78, 5) is 4.57. The maximum atomic E-state index is 14.4. The van der Waals surface area contributed by atoms with Crippen LogP contribution in [0.5, 0.6) is 0 Å². The van der Waals surface area contributed by atoms with Crippen molar-refractivity contribution in [2.24, 2.45) is 0 Å². The molecule has 24 heavy (non-hydrogen) atoms. The Labute approximate surface area is 141 Å². The van der Waals surface area contributed by atoms with E-state index in [4.69, 9.17) is 5.11 Å². The van der Waals surface area contributed by atoms with E-state index in [-0.39, 0.29) is 12.4 Å². The van der Waals surface area contributed by atoms with Crippen LogP contribution in [0.15, 0.2) is 48.8 Å². The summed E-state index contributed by atoms with van der Waals surface area (Å²) in [5, 5.41) is 9.15. The molecule has 124 valence electrons. The van der Waals surface area contributed by atoms with Crippen LogP contribution in [0.2, 0.25) is 0 Å². The predicted molar refractivity (Wildman–Crippen MR) is 94.2 cm³/mol. The van der Waals surface area contributed by atoms with Crippen LogP contribution in [0.1, 0.15) is 17.5 Å². The Balaban J connectivity index is 2.21. The van der Waals surface area contributed by atoms with Crippen molar-refractivity contribution in [1.82, 2.24) is 9.55 Å². The number of aryl methyl sites for hydroxylation is 2. The van der Waals surface area contributed by atoms with Crippen molar-refractivity contribution >= 4 is 0 Å². The van der Waals surface area contributed by atoms with Crippen LogP contribution in [0.3, 0.4) is 0 Å². The lowest BCUT2D eigenvalue weighted by Gasteiger charge is -2.14. The van der Waals surface area contributed by atoms with Gasteiger partial charge in [0.2, 0.25) is 0 Å². The minimum absolute atomic E-state index is 0.111. The van der Waals surface area contributed by atoms with E-state index >= 15 is 0 Å². The molecule has 0 radical (unpaired) electrons. The summed E-state index contributed by atoms with van der Waals surface area (Å²) in [6.45, 7) is 4.32. The second-order valence-electron chi connectivity index (χ2n) is 5.95. The lowest BCUT2D eigenvalue weighted by atomic mass is 9.98. The molecule has 0 bridgehead atoms. The Morgan fingerprint density at radius 2 is 1.83 bits per heavy atom. The van der Waals surface area contributed by atoms with Crippen LogP contribution >= 0.6 is 0 Å². The van der Waals surface area contributed by atoms with Gasteiger partial charge in [0.1, 0.15) is 5.82 Å². The molecule has 0 fully saturated rings. The van der Waals surface area contributed by atoms with E-state index in [0.717, 1.165) is 22.5 Å². The first kappa shape index (κ1) is 16.4. The number of aliphatic hydroxyl groups is 1. The molecule has 3 rings (SSSR count). The van der Waals surface area contributed by atoms with Gasteiger partial charge in [0.25, 0.3) is 0 Å². The molecule has 0 amide bonds. The number of halogens is 1. The minimum Gasteiger partial charge on any atom is -0.396 e. The van der Waals surface area contributed by atoms with Gasteiger partial charge in [0, 0.05) is 24.3 Å². The summed E-state index contributed by atoms with van der Waals surface area (Å²) in [5.41, 5.74) is 4.82. The van der Waals surface area contributed by atoms with Gasteiger partial charge in [0.15, 0.2) is 0 Å². The monoisotopic (exact) mass is 324 g/mol. The van der Waals surface area contributed by atoms with Crippen LogP contribution in [0.4, 0.5) is 4.39 Å². The largest absolute Gasteiger partial charge is 0.396 e. The molecule has 1 heterocycles. The lowest BCUT2D eigenvalue weighted by molar-refractivity contribution is 0.280. The van der Waals surface area contributed by atoms with Crippen molar-refractivity contribution in [3.8, 4) is 22.5 Å². The van der Waals surface area contributed by atoms with Gasteiger partial charge in [-0.25, -0.2) is 9.37 Å². The van der Waals surface area contributed by atoms with Gasteiger partial charge in [-0.15, -0.1) is 0 Å². The number of hydrogen-bond acceptors (Lipinski definition) is 2. The zero-order valence-electron chi connectivity index (χ0n) is 14.0. The highest BCUT2D eigenvalue weighted by atomic mass is 19.1. The molecular formula is C20H21FN2O. The van der Waals surface area contributed by atoms with Crippen molar-refractivity contribution in [2.45, 2.75) is 26.8 Å². The predicted octanol–water partition coefficient (Wildman–Crippen LogP) is 4.36. The molecule has 0 unspecified atom stereocenters. The molecule has 2 aromatic carbocycles. The van der Waals surface area contributed by atoms with E-state index in [2.05, 4.69) is 4.98 Å². The molecule has 0 saturated carbocycles. The number of nitrogens with zero attached hydrogens (tertiary/aromatic N) is 2. The molecular weight excluding hydrogens is 303 g/mol. The Hall–Kier alpha value is -2.46. The fourth-order valence-electron chi connectivity index (χ4n) is 2.96. The average Bonchev–Trinajstić information content (AvgIpc) is 3.02. The van der Waals surface area contributed by atoms with Crippen LogP contribution in [0, 0.1) is 19.7 Å². The fraction of sp³-hybridized carbons (Fsp3) is 0.250. The Bertz CT molecular complexity index is 840. The Morgan fingerprint density at radius 1 is 1.08 bits per heavy atom. The van der Waals surface area contributed by atoms with E-state index in [1.165, 1.54) is 0 Å². The SMILES string of the molecule is Cc1ccc(-c2c(-c3ccccc3)ncn2CCCO)c(C)c1F.